The number of pyridine rings is 1. The summed E-state index contributed by atoms with van der Waals surface area (Å²) >= 11 is 3.00. The number of nitrogens with zero attached hydrogens (tertiary/aromatic N) is 1. The Bertz CT molecular complexity index is 486. The first-order valence-corrected chi connectivity index (χ1v) is 7.78. The van der Waals surface area contributed by atoms with Crippen molar-refractivity contribution < 1.29 is 18.3 Å². The van der Waals surface area contributed by atoms with Gasteiger partial charge < -0.3 is 10.4 Å². The van der Waals surface area contributed by atoms with Crippen LogP contribution in [0.5, 0.6) is 0 Å². The zero-order valence-corrected chi connectivity index (χ0v) is 13.1. The van der Waals surface area contributed by atoms with Crippen LogP contribution in [0.1, 0.15) is 44.1 Å². The molecule has 1 aliphatic carbocycles. The van der Waals surface area contributed by atoms with Crippen LogP contribution in [0.15, 0.2) is 16.7 Å². The maximum absolute atomic E-state index is 13.0. The van der Waals surface area contributed by atoms with Gasteiger partial charge in [0.05, 0.1) is 11.2 Å². The molecule has 3 nitrogen and oxygen atoms in total. The lowest BCUT2D eigenvalue weighted by Crippen LogP contribution is -2.36. The van der Waals surface area contributed by atoms with E-state index in [2.05, 4.69) is 26.2 Å². The summed E-state index contributed by atoms with van der Waals surface area (Å²) in [5.74, 6) is -0.233. The predicted molar refractivity (Wildman–Crippen MR) is 78.1 cm³/mol. The Morgan fingerprint density at radius 1 is 1.24 bits per heavy atom. The number of rotatable bonds is 3. The SMILES string of the molecule is OC1(CNc2ncc(Br)cc2C(F)(F)F)CCCCCC1. The molecule has 1 aromatic rings. The molecule has 0 saturated heterocycles. The van der Waals surface area contributed by atoms with Crippen LogP contribution in [0.25, 0.3) is 0 Å². The number of alkyl halides is 3. The number of aliphatic hydroxyl groups is 1. The lowest BCUT2D eigenvalue weighted by atomic mass is 9.94. The van der Waals surface area contributed by atoms with E-state index in [1.165, 1.54) is 6.20 Å². The summed E-state index contributed by atoms with van der Waals surface area (Å²) in [5.41, 5.74) is -1.78. The lowest BCUT2D eigenvalue weighted by molar-refractivity contribution is -0.137. The third-order valence-corrected chi connectivity index (χ3v) is 4.21. The van der Waals surface area contributed by atoms with E-state index in [0.717, 1.165) is 31.7 Å². The minimum absolute atomic E-state index is 0.0880. The van der Waals surface area contributed by atoms with Crippen LogP contribution in [-0.4, -0.2) is 22.2 Å². The maximum Gasteiger partial charge on any atom is 0.419 e. The van der Waals surface area contributed by atoms with Gasteiger partial charge in [-0.2, -0.15) is 13.2 Å². The average Bonchev–Trinajstić information content (AvgIpc) is 2.62. The third kappa shape index (κ3) is 4.57. The van der Waals surface area contributed by atoms with E-state index < -0.39 is 17.3 Å². The van der Waals surface area contributed by atoms with Crippen molar-refractivity contribution in [2.45, 2.75) is 50.3 Å². The van der Waals surface area contributed by atoms with E-state index >= 15 is 0 Å². The van der Waals surface area contributed by atoms with Gasteiger partial charge in [0.2, 0.25) is 0 Å². The molecule has 7 heteroatoms. The van der Waals surface area contributed by atoms with Crippen molar-refractivity contribution >= 4 is 21.7 Å². The summed E-state index contributed by atoms with van der Waals surface area (Å²) in [5, 5.41) is 13.2. The largest absolute Gasteiger partial charge is 0.419 e. The van der Waals surface area contributed by atoms with Gasteiger partial charge in [-0.3, -0.25) is 0 Å². The third-order valence-electron chi connectivity index (χ3n) is 3.78. The molecule has 1 aromatic heterocycles. The minimum Gasteiger partial charge on any atom is -0.388 e. The van der Waals surface area contributed by atoms with E-state index in [1.54, 1.807) is 0 Å². The molecular formula is C14H18BrF3N2O. The van der Waals surface area contributed by atoms with Crippen LogP contribution < -0.4 is 5.32 Å². The van der Waals surface area contributed by atoms with Gasteiger partial charge in [-0.1, -0.05) is 25.7 Å². The highest BCUT2D eigenvalue weighted by molar-refractivity contribution is 9.10. The molecule has 118 valence electrons. The zero-order chi connectivity index (χ0) is 15.5. The predicted octanol–water partition coefficient (Wildman–Crippen LogP) is 4.36. The second kappa shape index (κ2) is 6.52. The molecule has 1 saturated carbocycles. The summed E-state index contributed by atoms with van der Waals surface area (Å²) in [7, 11) is 0. The molecule has 21 heavy (non-hydrogen) atoms. The van der Waals surface area contributed by atoms with Crippen molar-refractivity contribution in [3.63, 3.8) is 0 Å². The molecule has 1 heterocycles. The maximum atomic E-state index is 13.0. The van der Waals surface area contributed by atoms with E-state index in [-0.39, 0.29) is 16.8 Å². The van der Waals surface area contributed by atoms with Gasteiger partial charge in [-0.15, -0.1) is 0 Å². The first kappa shape index (κ1) is 16.5. The summed E-state index contributed by atoms with van der Waals surface area (Å²) in [4.78, 5) is 3.79. The molecule has 0 aromatic carbocycles. The molecule has 0 amide bonds. The van der Waals surface area contributed by atoms with E-state index in [0.29, 0.717) is 12.8 Å². The first-order chi connectivity index (χ1) is 9.80. The topological polar surface area (TPSA) is 45.1 Å². The molecule has 0 aliphatic heterocycles. The highest BCUT2D eigenvalue weighted by Crippen LogP contribution is 2.36. The number of nitrogens with one attached hydrogen (secondary N) is 1. The smallest absolute Gasteiger partial charge is 0.388 e. The molecular weight excluding hydrogens is 349 g/mol. The second-order valence-corrected chi connectivity index (χ2v) is 6.46. The molecule has 0 bridgehead atoms. The first-order valence-electron chi connectivity index (χ1n) is 6.99. The van der Waals surface area contributed by atoms with Crippen molar-refractivity contribution in [3.05, 3.63) is 22.3 Å². The summed E-state index contributed by atoms with van der Waals surface area (Å²) in [6.45, 7) is 0.0880. The standard InChI is InChI=1S/C14H18BrF3N2O/c15-10-7-11(14(16,17)18)12(19-8-10)20-9-13(21)5-3-1-2-4-6-13/h7-8,21H,1-6,9H2,(H,19,20). The van der Waals surface area contributed by atoms with Crippen LogP contribution in [0, 0.1) is 0 Å². The fourth-order valence-electron chi connectivity index (χ4n) is 2.61. The number of anilines is 1. The van der Waals surface area contributed by atoms with E-state index in [1.807, 2.05) is 0 Å². The van der Waals surface area contributed by atoms with Gasteiger partial charge in [0.15, 0.2) is 0 Å². The molecule has 0 atom stereocenters. The Hall–Kier alpha value is -0.820. The molecule has 2 N–H and O–H groups in total. The van der Waals surface area contributed by atoms with Gasteiger partial charge in [0.25, 0.3) is 0 Å². The van der Waals surface area contributed by atoms with E-state index in [4.69, 9.17) is 0 Å². The fourth-order valence-corrected chi connectivity index (χ4v) is 2.94. The minimum atomic E-state index is -4.48. The second-order valence-electron chi connectivity index (χ2n) is 5.54. The highest BCUT2D eigenvalue weighted by atomic mass is 79.9. The van der Waals surface area contributed by atoms with Crippen molar-refractivity contribution in [1.82, 2.24) is 4.98 Å². The fraction of sp³-hybridized carbons (Fsp3) is 0.643. The van der Waals surface area contributed by atoms with Gasteiger partial charge in [-0.25, -0.2) is 4.98 Å². The summed E-state index contributed by atoms with van der Waals surface area (Å²) in [6.07, 6.45) is 1.98. The Morgan fingerprint density at radius 3 is 2.43 bits per heavy atom. The molecule has 0 spiro atoms. The van der Waals surface area contributed by atoms with Gasteiger partial charge in [0.1, 0.15) is 5.82 Å². The molecule has 1 fully saturated rings. The van der Waals surface area contributed by atoms with Crippen LogP contribution in [0.4, 0.5) is 19.0 Å². The number of hydrogen-bond donors (Lipinski definition) is 2. The van der Waals surface area contributed by atoms with Crippen LogP contribution in [0.2, 0.25) is 0 Å². The number of halogens is 4. The highest BCUT2D eigenvalue weighted by Gasteiger charge is 2.35. The van der Waals surface area contributed by atoms with Crippen molar-refractivity contribution in [3.8, 4) is 0 Å². The number of aromatic nitrogens is 1. The summed E-state index contributed by atoms with van der Waals surface area (Å²) in [6, 6.07) is 0.993. The molecule has 0 radical (unpaired) electrons. The van der Waals surface area contributed by atoms with E-state index in [9.17, 15) is 18.3 Å². The van der Waals surface area contributed by atoms with Gasteiger partial charge >= 0.3 is 6.18 Å². The van der Waals surface area contributed by atoms with Gasteiger partial charge in [0, 0.05) is 17.2 Å². The van der Waals surface area contributed by atoms with Crippen LogP contribution in [-0.2, 0) is 6.18 Å². The molecule has 2 rings (SSSR count). The van der Waals surface area contributed by atoms with Crippen LogP contribution in [0.3, 0.4) is 0 Å². The Morgan fingerprint density at radius 2 is 1.86 bits per heavy atom. The monoisotopic (exact) mass is 366 g/mol. The van der Waals surface area contributed by atoms with Crippen molar-refractivity contribution in [2.75, 3.05) is 11.9 Å². The average molecular weight is 367 g/mol. The number of hydrogen-bond acceptors (Lipinski definition) is 3. The normalized spacial score (nSPS) is 19.1. The lowest BCUT2D eigenvalue weighted by Gasteiger charge is -2.27. The van der Waals surface area contributed by atoms with Crippen molar-refractivity contribution in [2.24, 2.45) is 0 Å². The molecule has 1 aliphatic rings. The summed E-state index contributed by atoms with van der Waals surface area (Å²) < 4.78 is 39.2. The van der Waals surface area contributed by atoms with Crippen LogP contribution >= 0.6 is 15.9 Å². The Labute approximate surface area is 130 Å². The zero-order valence-electron chi connectivity index (χ0n) is 11.5. The Kier molecular flexibility index (Phi) is 5.14. The van der Waals surface area contributed by atoms with Crippen molar-refractivity contribution in [1.29, 1.82) is 0 Å². The van der Waals surface area contributed by atoms with Gasteiger partial charge in [-0.05, 0) is 34.8 Å². The quantitative estimate of drug-likeness (QED) is 0.781. The Balaban J connectivity index is 2.12. The molecule has 0 unspecified atom stereocenters.